The van der Waals surface area contributed by atoms with E-state index in [0.717, 1.165) is 5.92 Å². The summed E-state index contributed by atoms with van der Waals surface area (Å²) in [5.41, 5.74) is 12.3. The summed E-state index contributed by atoms with van der Waals surface area (Å²) in [5, 5.41) is 3.11. The molecule has 1 aliphatic rings. The largest absolute Gasteiger partial charge is 0.0616 e. The molecule has 2 atom stereocenters. The van der Waals surface area contributed by atoms with Gasteiger partial charge >= 0.3 is 0 Å². The Hall–Kier alpha value is -1.30. The zero-order valence-corrected chi connectivity index (χ0v) is 14.9. The van der Waals surface area contributed by atoms with Crippen LogP contribution in [0.5, 0.6) is 0 Å². The first-order valence-electron chi connectivity index (χ1n) is 8.29. The molecular formula is C21H28. The van der Waals surface area contributed by atoms with Crippen molar-refractivity contribution in [2.75, 3.05) is 0 Å². The maximum Gasteiger partial charge on any atom is -0.0109 e. The molecule has 0 bridgehead atoms. The minimum atomic E-state index is 0.682. The molecule has 0 amide bonds. The number of benzene rings is 2. The first-order chi connectivity index (χ1) is 9.77. The lowest BCUT2D eigenvalue weighted by molar-refractivity contribution is 0.533. The SMILES string of the molecule is Cc1c(C)c(C)c2c3c(c(C)c(C)c2c1C)CC(C)C3C. The summed E-state index contributed by atoms with van der Waals surface area (Å²) in [7, 11) is 0. The quantitative estimate of drug-likeness (QED) is 0.556. The molecule has 0 saturated heterocycles. The van der Waals surface area contributed by atoms with E-state index in [2.05, 4.69) is 55.4 Å². The first kappa shape index (κ1) is 14.6. The van der Waals surface area contributed by atoms with Crippen molar-refractivity contribution in [1.82, 2.24) is 0 Å². The van der Waals surface area contributed by atoms with E-state index in [1.165, 1.54) is 39.6 Å². The maximum atomic E-state index is 2.43. The Bertz CT molecular complexity index is 762. The van der Waals surface area contributed by atoms with E-state index in [4.69, 9.17) is 0 Å². The van der Waals surface area contributed by atoms with Crippen LogP contribution < -0.4 is 0 Å². The van der Waals surface area contributed by atoms with Crippen LogP contribution in [0.15, 0.2) is 0 Å². The van der Waals surface area contributed by atoms with Crippen LogP contribution in [0.2, 0.25) is 0 Å². The molecule has 2 unspecified atom stereocenters. The lowest BCUT2D eigenvalue weighted by Crippen LogP contribution is -2.03. The molecule has 21 heavy (non-hydrogen) atoms. The normalized spacial score (nSPS) is 21.1. The van der Waals surface area contributed by atoms with Gasteiger partial charge in [-0.1, -0.05) is 13.8 Å². The van der Waals surface area contributed by atoms with Crippen molar-refractivity contribution in [2.24, 2.45) is 5.92 Å². The Morgan fingerprint density at radius 3 is 1.67 bits per heavy atom. The lowest BCUT2D eigenvalue weighted by atomic mass is 9.82. The van der Waals surface area contributed by atoms with Gasteiger partial charge < -0.3 is 0 Å². The highest BCUT2D eigenvalue weighted by atomic mass is 14.4. The van der Waals surface area contributed by atoms with Crippen LogP contribution in [0, 0.1) is 47.5 Å². The number of hydrogen-bond acceptors (Lipinski definition) is 0. The highest BCUT2D eigenvalue weighted by molar-refractivity contribution is 5.98. The monoisotopic (exact) mass is 280 g/mol. The van der Waals surface area contributed by atoms with Crippen molar-refractivity contribution in [3.8, 4) is 0 Å². The van der Waals surface area contributed by atoms with Gasteiger partial charge in [0.1, 0.15) is 0 Å². The summed E-state index contributed by atoms with van der Waals surface area (Å²) >= 11 is 0. The van der Waals surface area contributed by atoms with E-state index in [-0.39, 0.29) is 0 Å². The fourth-order valence-corrected chi connectivity index (χ4v) is 4.43. The molecule has 0 aromatic heterocycles. The van der Waals surface area contributed by atoms with Gasteiger partial charge in [-0.25, -0.2) is 0 Å². The number of aryl methyl sites for hydroxylation is 3. The minimum Gasteiger partial charge on any atom is -0.0616 e. The average molecular weight is 280 g/mol. The number of fused-ring (bicyclic) bond motifs is 3. The van der Waals surface area contributed by atoms with E-state index in [1.807, 2.05) is 0 Å². The van der Waals surface area contributed by atoms with Crippen molar-refractivity contribution in [3.05, 3.63) is 44.5 Å². The van der Waals surface area contributed by atoms with Gasteiger partial charge in [0.15, 0.2) is 0 Å². The van der Waals surface area contributed by atoms with Crippen molar-refractivity contribution >= 4 is 10.8 Å². The zero-order valence-electron chi connectivity index (χ0n) is 14.9. The summed E-state index contributed by atoms with van der Waals surface area (Å²) in [5.74, 6) is 1.45. The first-order valence-corrected chi connectivity index (χ1v) is 8.29. The van der Waals surface area contributed by atoms with Gasteiger partial charge in [-0.2, -0.15) is 0 Å². The summed E-state index contributed by atoms with van der Waals surface area (Å²) in [6, 6.07) is 0. The molecule has 0 fully saturated rings. The predicted molar refractivity (Wildman–Crippen MR) is 93.7 cm³/mol. The van der Waals surface area contributed by atoms with Gasteiger partial charge in [0.2, 0.25) is 0 Å². The third-order valence-electron chi connectivity index (χ3n) is 6.51. The smallest absolute Gasteiger partial charge is 0.0109 e. The maximum absolute atomic E-state index is 2.43. The van der Waals surface area contributed by atoms with Crippen molar-refractivity contribution < 1.29 is 0 Å². The van der Waals surface area contributed by atoms with E-state index < -0.39 is 0 Å². The van der Waals surface area contributed by atoms with Gasteiger partial charge in [-0.3, -0.25) is 0 Å². The average Bonchev–Trinajstić information content (AvgIpc) is 2.74. The molecule has 0 nitrogen and oxygen atoms in total. The standard InChI is InChI=1S/C21H28/c1-10-9-18-14(5)17(8)19-15(6)12(3)13(4)16(7)21(19)20(18)11(10)2/h10-11H,9H2,1-8H3. The Balaban J connectivity index is 2.62. The second kappa shape index (κ2) is 4.60. The van der Waals surface area contributed by atoms with Crippen molar-refractivity contribution in [1.29, 1.82) is 0 Å². The van der Waals surface area contributed by atoms with Crippen LogP contribution in [0.1, 0.15) is 64.3 Å². The highest BCUT2D eigenvalue weighted by Gasteiger charge is 2.31. The molecule has 0 radical (unpaired) electrons. The molecule has 0 saturated carbocycles. The van der Waals surface area contributed by atoms with Gasteiger partial charge in [0, 0.05) is 0 Å². The van der Waals surface area contributed by atoms with E-state index in [1.54, 1.807) is 22.1 Å². The second-order valence-electron chi connectivity index (χ2n) is 7.36. The van der Waals surface area contributed by atoms with Gasteiger partial charge in [0.05, 0.1) is 0 Å². The Morgan fingerprint density at radius 2 is 1.10 bits per heavy atom. The third-order valence-corrected chi connectivity index (χ3v) is 6.51. The van der Waals surface area contributed by atoms with Crippen LogP contribution in [0.3, 0.4) is 0 Å². The number of rotatable bonds is 0. The molecule has 0 heteroatoms. The van der Waals surface area contributed by atoms with Gasteiger partial charge in [0.25, 0.3) is 0 Å². The van der Waals surface area contributed by atoms with Crippen LogP contribution in [-0.2, 0) is 6.42 Å². The van der Waals surface area contributed by atoms with Crippen LogP contribution >= 0.6 is 0 Å². The van der Waals surface area contributed by atoms with Crippen LogP contribution in [0.4, 0.5) is 0 Å². The third kappa shape index (κ3) is 1.74. The highest BCUT2D eigenvalue weighted by Crippen LogP contribution is 2.47. The summed E-state index contributed by atoms with van der Waals surface area (Å²) in [4.78, 5) is 0. The molecule has 112 valence electrons. The minimum absolute atomic E-state index is 0.682. The zero-order chi connectivity index (χ0) is 15.6. The molecule has 0 heterocycles. The van der Waals surface area contributed by atoms with Crippen LogP contribution in [0.25, 0.3) is 10.8 Å². The fraction of sp³-hybridized carbons (Fsp3) is 0.524. The van der Waals surface area contributed by atoms with E-state index in [0.29, 0.717) is 5.92 Å². The Morgan fingerprint density at radius 1 is 0.619 bits per heavy atom. The van der Waals surface area contributed by atoms with Crippen LogP contribution in [-0.4, -0.2) is 0 Å². The van der Waals surface area contributed by atoms with E-state index in [9.17, 15) is 0 Å². The summed E-state index contributed by atoms with van der Waals surface area (Å²) in [6.45, 7) is 18.7. The molecule has 0 N–H and O–H groups in total. The molecule has 2 aromatic carbocycles. The second-order valence-corrected chi connectivity index (χ2v) is 7.36. The molecule has 0 aliphatic heterocycles. The van der Waals surface area contributed by atoms with Crippen molar-refractivity contribution in [3.63, 3.8) is 0 Å². The van der Waals surface area contributed by atoms with E-state index >= 15 is 0 Å². The molecule has 0 spiro atoms. The molecule has 1 aliphatic carbocycles. The van der Waals surface area contributed by atoms with Crippen molar-refractivity contribution in [2.45, 2.75) is 67.7 Å². The Kier molecular flexibility index (Phi) is 3.20. The molecular weight excluding hydrogens is 252 g/mol. The molecule has 2 aromatic rings. The number of hydrogen-bond donors (Lipinski definition) is 0. The van der Waals surface area contributed by atoms with Gasteiger partial charge in [-0.15, -0.1) is 0 Å². The lowest BCUT2D eigenvalue weighted by Gasteiger charge is -2.23. The topological polar surface area (TPSA) is 0 Å². The summed E-state index contributed by atoms with van der Waals surface area (Å²) in [6.07, 6.45) is 1.25. The summed E-state index contributed by atoms with van der Waals surface area (Å²) < 4.78 is 0. The fourth-order valence-electron chi connectivity index (χ4n) is 4.43. The van der Waals surface area contributed by atoms with Gasteiger partial charge in [-0.05, 0) is 115 Å². The molecule has 3 rings (SSSR count). The Labute approximate surface area is 129 Å². The predicted octanol–water partition coefficient (Wildman–Crippen LogP) is 5.99.